The predicted molar refractivity (Wildman–Crippen MR) is 168 cm³/mol. The van der Waals surface area contributed by atoms with Crippen molar-refractivity contribution in [2.24, 2.45) is 0 Å². The van der Waals surface area contributed by atoms with Gasteiger partial charge in [0.05, 0.1) is 19.4 Å². The molecule has 1 aliphatic heterocycles. The summed E-state index contributed by atoms with van der Waals surface area (Å²) in [6.07, 6.45) is 0. The number of amides is 3. The van der Waals surface area contributed by atoms with Gasteiger partial charge in [0.25, 0.3) is 27.7 Å². The van der Waals surface area contributed by atoms with Crippen molar-refractivity contribution in [1.82, 2.24) is 10.6 Å². The Kier molecular flexibility index (Phi) is 9.04. The number of anilines is 1. The Balaban J connectivity index is 1.92. The molecule has 0 saturated carbocycles. The van der Waals surface area contributed by atoms with Gasteiger partial charge < -0.3 is 20.1 Å². The number of sulfonamides is 1. The van der Waals surface area contributed by atoms with Crippen molar-refractivity contribution < 1.29 is 32.3 Å². The first kappa shape index (κ1) is 32.8. The van der Waals surface area contributed by atoms with Gasteiger partial charge in [-0.2, -0.15) is 0 Å². The van der Waals surface area contributed by atoms with Crippen molar-refractivity contribution in [2.75, 3.05) is 24.6 Å². The lowest BCUT2D eigenvalue weighted by molar-refractivity contribution is -0.120. The number of methoxy groups -OCH3 is 1. The second-order valence-electron chi connectivity index (χ2n) is 11.4. The first-order valence-electron chi connectivity index (χ1n) is 14.1. The van der Waals surface area contributed by atoms with E-state index in [0.717, 1.165) is 4.31 Å². The number of hydrogen-bond acceptors (Lipinski definition) is 7. The van der Waals surface area contributed by atoms with Gasteiger partial charge in [0, 0.05) is 33.8 Å². The summed E-state index contributed by atoms with van der Waals surface area (Å²) in [6.45, 7) is 11.3. The number of nitrogens with zero attached hydrogens (tertiary/aromatic N) is 1. The molecular weight excluding hydrogens is 606 g/mol. The molecule has 0 fully saturated rings. The summed E-state index contributed by atoms with van der Waals surface area (Å²) in [6, 6.07) is 13.2. The molecule has 1 unspecified atom stereocenters. The molecule has 12 heteroatoms. The molecule has 1 atom stereocenters. The van der Waals surface area contributed by atoms with Gasteiger partial charge in [-0.25, -0.2) is 12.7 Å². The van der Waals surface area contributed by atoms with Gasteiger partial charge in [0.1, 0.15) is 21.8 Å². The summed E-state index contributed by atoms with van der Waals surface area (Å²) < 4.78 is 40.6. The Labute approximate surface area is 262 Å². The molecular formula is C32H36ClN3O7S. The third-order valence-corrected chi connectivity index (χ3v) is 9.25. The van der Waals surface area contributed by atoms with E-state index in [-0.39, 0.29) is 44.0 Å². The lowest BCUT2D eigenvalue weighted by Crippen LogP contribution is -2.42. The summed E-state index contributed by atoms with van der Waals surface area (Å²) in [5, 5.41) is 5.73. The largest absolute Gasteiger partial charge is 0.495 e. The zero-order valence-electron chi connectivity index (χ0n) is 25.7. The standard InChI is InChI=1S/C32H36ClN3O7S/c1-8-34-28(37)19-10-13-24(33)22(16-19)32(6)23-18-21(43-9-2)12-14-25(23)36(30(32)39)44(40,41)27-15-11-20(17-26(27)42-7)29(38)35-31(3,4)5/h10-18H,8-9H2,1-7H3,(H,34,37)(H,35,38). The van der Waals surface area contributed by atoms with E-state index in [1.165, 1.54) is 49.6 Å². The predicted octanol–water partition coefficient (Wildman–Crippen LogP) is 5.07. The average molecular weight is 642 g/mol. The molecule has 0 saturated heterocycles. The van der Waals surface area contributed by atoms with Crippen LogP contribution in [0.25, 0.3) is 0 Å². The normalized spacial score (nSPS) is 16.4. The molecule has 0 aliphatic carbocycles. The molecule has 0 bridgehead atoms. The Morgan fingerprint density at radius 2 is 1.61 bits per heavy atom. The topological polar surface area (TPSA) is 131 Å². The number of fused-ring (bicyclic) bond motifs is 1. The van der Waals surface area contributed by atoms with E-state index < -0.39 is 32.8 Å². The van der Waals surface area contributed by atoms with Gasteiger partial charge in [-0.15, -0.1) is 0 Å². The SMILES string of the molecule is CCNC(=O)c1ccc(Cl)c(C2(C)C(=O)N(S(=O)(=O)c3ccc(C(=O)NC(C)(C)C)cc3OC)c3ccc(OCC)cc32)c1. The quantitative estimate of drug-likeness (QED) is 0.334. The summed E-state index contributed by atoms with van der Waals surface area (Å²) in [7, 11) is -3.33. The maximum absolute atomic E-state index is 14.5. The van der Waals surface area contributed by atoms with Crippen molar-refractivity contribution >= 4 is 45.0 Å². The van der Waals surface area contributed by atoms with Crippen LogP contribution in [0.2, 0.25) is 5.02 Å². The van der Waals surface area contributed by atoms with Crippen LogP contribution in [0.3, 0.4) is 0 Å². The van der Waals surface area contributed by atoms with Crippen LogP contribution in [0.1, 0.15) is 73.4 Å². The van der Waals surface area contributed by atoms with E-state index >= 15 is 0 Å². The van der Waals surface area contributed by atoms with Gasteiger partial charge in [0.15, 0.2) is 0 Å². The van der Waals surface area contributed by atoms with Gasteiger partial charge in [-0.1, -0.05) is 11.6 Å². The number of benzene rings is 3. The molecule has 10 nitrogen and oxygen atoms in total. The fraction of sp³-hybridized carbons (Fsp3) is 0.344. The molecule has 4 rings (SSSR count). The Morgan fingerprint density at radius 3 is 2.23 bits per heavy atom. The average Bonchev–Trinajstić information content (AvgIpc) is 3.19. The van der Waals surface area contributed by atoms with E-state index in [4.69, 9.17) is 21.1 Å². The lowest BCUT2D eigenvalue weighted by Gasteiger charge is -2.27. The summed E-state index contributed by atoms with van der Waals surface area (Å²) in [5.74, 6) is -1.29. The van der Waals surface area contributed by atoms with E-state index in [0.29, 0.717) is 24.5 Å². The number of hydrogen-bond donors (Lipinski definition) is 2. The van der Waals surface area contributed by atoms with Gasteiger partial charge >= 0.3 is 0 Å². The fourth-order valence-electron chi connectivity index (χ4n) is 5.12. The molecule has 234 valence electrons. The zero-order chi connectivity index (χ0) is 32.6. The van der Waals surface area contributed by atoms with E-state index in [9.17, 15) is 22.8 Å². The second kappa shape index (κ2) is 12.1. The van der Waals surface area contributed by atoms with Crippen LogP contribution in [0, 0.1) is 0 Å². The molecule has 1 heterocycles. The number of nitrogens with one attached hydrogen (secondary N) is 2. The van der Waals surface area contributed by atoms with Crippen molar-refractivity contribution in [3.8, 4) is 11.5 Å². The molecule has 3 amide bonds. The Bertz CT molecular complexity index is 1750. The minimum atomic E-state index is -4.61. The zero-order valence-corrected chi connectivity index (χ0v) is 27.3. The van der Waals surface area contributed by atoms with E-state index in [2.05, 4.69) is 10.6 Å². The Morgan fingerprint density at radius 1 is 0.955 bits per heavy atom. The number of rotatable bonds is 9. The van der Waals surface area contributed by atoms with Crippen LogP contribution < -0.4 is 24.4 Å². The van der Waals surface area contributed by atoms with Crippen LogP contribution in [0.5, 0.6) is 11.5 Å². The lowest BCUT2D eigenvalue weighted by atomic mass is 9.76. The maximum Gasteiger partial charge on any atom is 0.274 e. The van der Waals surface area contributed by atoms with Crippen molar-refractivity contribution in [3.05, 3.63) is 81.9 Å². The third-order valence-electron chi connectivity index (χ3n) is 7.19. The molecule has 2 N–H and O–H groups in total. The third kappa shape index (κ3) is 5.86. The van der Waals surface area contributed by atoms with Crippen LogP contribution >= 0.6 is 11.6 Å². The van der Waals surface area contributed by atoms with Crippen LogP contribution in [0.15, 0.2) is 59.5 Å². The maximum atomic E-state index is 14.5. The number of carbonyl (C=O) groups is 3. The smallest absolute Gasteiger partial charge is 0.274 e. The number of halogens is 1. The summed E-state index contributed by atoms with van der Waals surface area (Å²) in [4.78, 5) is 39.7. The van der Waals surface area contributed by atoms with E-state index in [1.807, 2.05) is 20.8 Å². The molecule has 0 radical (unpaired) electrons. The summed E-state index contributed by atoms with van der Waals surface area (Å²) in [5.41, 5.74) is -1.04. The molecule has 3 aromatic rings. The first-order valence-corrected chi connectivity index (χ1v) is 15.9. The molecule has 1 aliphatic rings. The van der Waals surface area contributed by atoms with Crippen molar-refractivity contribution in [2.45, 2.75) is 57.4 Å². The van der Waals surface area contributed by atoms with E-state index in [1.54, 1.807) is 32.9 Å². The molecule has 3 aromatic carbocycles. The fourth-order valence-corrected chi connectivity index (χ4v) is 7.08. The Hall–Kier alpha value is -4.09. The van der Waals surface area contributed by atoms with Crippen LogP contribution in [-0.4, -0.2) is 51.9 Å². The first-order chi connectivity index (χ1) is 20.6. The van der Waals surface area contributed by atoms with Gasteiger partial charge in [0.2, 0.25) is 0 Å². The second-order valence-corrected chi connectivity index (χ2v) is 13.6. The minimum absolute atomic E-state index is 0.0945. The van der Waals surface area contributed by atoms with Crippen LogP contribution in [0.4, 0.5) is 5.69 Å². The highest BCUT2D eigenvalue weighted by atomic mass is 35.5. The highest BCUT2D eigenvalue weighted by molar-refractivity contribution is 7.93. The highest BCUT2D eigenvalue weighted by Crippen LogP contribution is 2.51. The monoisotopic (exact) mass is 641 g/mol. The molecule has 44 heavy (non-hydrogen) atoms. The van der Waals surface area contributed by atoms with Gasteiger partial charge in [-0.3, -0.25) is 14.4 Å². The number of carbonyl (C=O) groups excluding carboxylic acids is 3. The van der Waals surface area contributed by atoms with Crippen molar-refractivity contribution in [3.63, 3.8) is 0 Å². The molecule has 0 aromatic heterocycles. The molecule has 0 spiro atoms. The minimum Gasteiger partial charge on any atom is -0.495 e. The summed E-state index contributed by atoms with van der Waals surface area (Å²) >= 11 is 6.66. The van der Waals surface area contributed by atoms with Gasteiger partial charge in [-0.05, 0) is 102 Å². The van der Waals surface area contributed by atoms with Crippen molar-refractivity contribution in [1.29, 1.82) is 0 Å². The van der Waals surface area contributed by atoms with Crippen LogP contribution in [-0.2, 0) is 20.2 Å². The highest BCUT2D eigenvalue weighted by Gasteiger charge is 2.54. The number of ether oxygens (including phenoxy) is 2.